The lowest BCUT2D eigenvalue weighted by Crippen LogP contribution is -2.24. The number of carbonyl (C=O) groups is 1. The van der Waals surface area contributed by atoms with Crippen LogP contribution in [0, 0.1) is 5.92 Å². The van der Waals surface area contributed by atoms with Gasteiger partial charge in [0.15, 0.2) is 0 Å². The van der Waals surface area contributed by atoms with Gasteiger partial charge in [-0.25, -0.2) is 4.98 Å². The Bertz CT molecular complexity index is 281. The molecule has 1 amide bonds. The van der Waals surface area contributed by atoms with Crippen molar-refractivity contribution in [2.75, 3.05) is 5.73 Å². The van der Waals surface area contributed by atoms with Gasteiger partial charge in [0.1, 0.15) is 6.33 Å². The molecule has 4 N–H and O–H groups in total. The molecule has 1 aromatic heterocycles. The number of carbonyl (C=O) groups excluding carboxylic acids is 1. The van der Waals surface area contributed by atoms with Crippen molar-refractivity contribution < 1.29 is 4.79 Å². The van der Waals surface area contributed by atoms with E-state index >= 15 is 0 Å². The number of amides is 1. The summed E-state index contributed by atoms with van der Waals surface area (Å²) in [7, 11) is 0. The van der Waals surface area contributed by atoms with Gasteiger partial charge >= 0.3 is 0 Å². The molecule has 0 aliphatic carbocycles. The van der Waals surface area contributed by atoms with Crippen molar-refractivity contribution in [3.63, 3.8) is 0 Å². The molecule has 0 spiro atoms. The Morgan fingerprint density at radius 2 is 2.50 bits per heavy atom. The molecule has 0 aliphatic heterocycles. The lowest BCUT2D eigenvalue weighted by Gasteiger charge is -2.04. The van der Waals surface area contributed by atoms with E-state index < -0.39 is 0 Å². The zero-order chi connectivity index (χ0) is 9.14. The first kappa shape index (κ1) is 8.51. The maximum atomic E-state index is 10.6. The van der Waals surface area contributed by atoms with Crippen molar-refractivity contribution in [2.24, 2.45) is 11.7 Å². The minimum atomic E-state index is -0.357. The van der Waals surface area contributed by atoms with Gasteiger partial charge < -0.3 is 11.5 Å². The Morgan fingerprint density at radius 3 is 2.92 bits per heavy atom. The molecule has 0 fully saturated rings. The SMILES string of the molecule is CC(Cn1cnc(N)n1)C(N)=O. The summed E-state index contributed by atoms with van der Waals surface area (Å²) in [4.78, 5) is 14.3. The summed E-state index contributed by atoms with van der Waals surface area (Å²) in [6, 6.07) is 0. The van der Waals surface area contributed by atoms with Crippen LogP contribution >= 0.6 is 0 Å². The highest BCUT2D eigenvalue weighted by Crippen LogP contribution is 1.98. The van der Waals surface area contributed by atoms with Crippen LogP contribution in [-0.2, 0) is 11.3 Å². The highest BCUT2D eigenvalue weighted by atomic mass is 16.1. The van der Waals surface area contributed by atoms with E-state index in [4.69, 9.17) is 11.5 Å². The molecule has 0 saturated carbocycles. The minimum absolute atomic E-state index is 0.201. The van der Waals surface area contributed by atoms with E-state index in [2.05, 4.69) is 10.1 Å². The second-order valence-electron chi connectivity index (χ2n) is 2.63. The predicted octanol–water partition coefficient (Wildman–Crippen LogP) is -1.02. The van der Waals surface area contributed by atoms with Crippen molar-refractivity contribution in [1.82, 2.24) is 14.8 Å². The van der Waals surface area contributed by atoms with Gasteiger partial charge in [0.05, 0.1) is 12.5 Å². The molecular formula is C6H11N5O. The van der Waals surface area contributed by atoms with Gasteiger partial charge in [-0.1, -0.05) is 6.92 Å². The van der Waals surface area contributed by atoms with Gasteiger partial charge in [-0.3, -0.25) is 9.48 Å². The molecule has 6 heteroatoms. The van der Waals surface area contributed by atoms with Crippen LogP contribution in [0.1, 0.15) is 6.92 Å². The predicted molar refractivity (Wildman–Crippen MR) is 42.8 cm³/mol. The van der Waals surface area contributed by atoms with E-state index in [0.717, 1.165) is 0 Å². The van der Waals surface area contributed by atoms with Gasteiger partial charge in [0.2, 0.25) is 11.9 Å². The van der Waals surface area contributed by atoms with Crippen molar-refractivity contribution in [2.45, 2.75) is 13.5 Å². The second kappa shape index (κ2) is 3.21. The number of nitrogen functional groups attached to an aromatic ring is 1. The smallest absolute Gasteiger partial charge is 0.239 e. The third-order valence-electron chi connectivity index (χ3n) is 1.50. The van der Waals surface area contributed by atoms with E-state index in [9.17, 15) is 4.79 Å². The van der Waals surface area contributed by atoms with Gasteiger partial charge in [0.25, 0.3) is 0 Å². The Hall–Kier alpha value is -1.59. The van der Waals surface area contributed by atoms with Crippen LogP contribution in [0.15, 0.2) is 6.33 Å². The van der Waals surface area contributed by atoms with Crippen molar-refractivity contribution in [3.8, 4) is 0 Å². The van der Waals surface area contributed by atoms with E-state index in [1.807, 2.05) is 0 Å². The highest BCUT2D eigenvalue weighted by molar-refractivity contribution is 5.76. The van der Waals surface area contributed by atoms with E-state index in [1.165, 1.54) is 11.0 Å². The molecule has 6 nitrogen and oxygen atoms in total. The topological polar surface area (TPSA) is 99.8 Å². The molecule has 1 aromatic rings. The van der Waals surface area contributed by atoms with Gasteiger partial charge in [-0.05, 0) is 0 Å². The quantitative estimate of drug-likeness (QED) is 0.605. The number of rotatable bonds is 3. The van der Waals surface area contributed by atoms with Gasteiger partial charge in [-0.15, -0.1) is 5.10 Å². The monoisotopic (exact) mass is 169 g/mol. The highest BCUT2D eigenvalue weighted by Gasteiger charge is 2.09. The average molecular weight is 169 g/mol. The maximum Gasteiger partial charge on any atom is 0.239 e. The fraction of sp³-hybridized carbons (Fsp3) is 0.500. The Kier molecular flexibility index (Phi) is 2.27. The molecule has 0 aromatic carbocycles. The molecule has 0 aliphatic rings. The number of aromatic nitrogens is 3. The van der Waals surface area contributed by atoms with Crippen molar-refractivity contribution in [3.05, 3.63) is 6.33 Å². The third kappa shape index (κ3) is 1.94. The van der Waals surface area contributed by atoms with Crippen LogP contribution in [0.4, 0.5) is 5.95 Å². The lowest BCUT2D eigenvalue weighted by molar-refractivity contribution is -0.121. The van der Waals surface area contributed by atoms with E-state index in [1.54, 1.807) is 6.92 Å². The molecule has 12 heavy (non-hydrogen) atoms. The molecule has 0 radical (unpaired) electrons. The molecule has 1 heterocycles. The Balaban J connectivity index is 2.58. The van der Waals surface area contributed by atoms with Crippen LogP contribution < -0.4 is 11.5 Å². The number of nitrogens with zero attached hydrogens (tertiary/aromatic N) is 3. The van der Waals surface area contributed by atoms with Gasteiger partial charge in [-0.2, -0.15) is 0 Å². The third-order valence-corrected chi connectivity index (χ3v) is 1.50. The summed E-state index contributed by atoms with van der Waals surface area (Å²) < 4.78 is 1.49. The molecule has 1 rings (SSSR count). The molecular weight excluding hydrogens is 158 g/mol. The summed E-state index contributed by atoms with van der Waals surface area (Å²) in [6.45, 7) is 2.14. The molecule has 0 saturated heterocycles. The number of hydrogen-bond donors (Lipinski definition) is 2. The fourth-order valence-corrected chi connectivity index (χ4v) is 0.768. The molecule has 0 bridgehead atoms. The van der Waals surface area contributed by atoms with Crippen molar-refractivity contribution >= 4 is 11.9 Å². The normalized spacial score (nSPS) is 12.8. The van der Waals surface area contributed by atoms with Crippen LogP contribution in [0.3, 0.4) is 0 Å². The van der Waals surface area contributed by atoms with Crippen LogP contribution in [0.25, 0.3) is 0 Å². The zero-order valence-electron chi connectivity index (χ0n) is 6.77. The van der Waals surface area contributed by atoms with E-state index in [0.29, 0.717) is 6.54 Å². The van der Waals surface area contributed by atoms with Crippen molar-refractivity contribution in [1.29, 1.82) is 0 Å². The summed E-state index contributed by atoms with van der Waals surface area (Å²) >= 11 is 0. The summed E-state index contributed by atoms with van der Waals surface area (Å²) in [5.74, 6) is -0.415. The largest absolute Gasteiger partial charge is 0.369 e. The first-order valence-electron chi connectivity index (χ1n) is 3.54. The number of hydrogen-bond acceptors (Lipinski definition) is 4. The standard InChI is InChI=1S/C6H11N5O/c1-4(5(7)12)2-11-3-9-6(8)10-11/h3-4H,2H2,1H3,(H2,7,12)(H2,8,10). The second-order valence-corrected chi connectivity index (χ2v) is 2.63. The first-order chi connectivity index (χ1) is 5.59. The minimum Gasteiger partial charge on any atom is -0.369 e. The summed E-state index contributed by atoms with van der Waals surface area (Å²) in [5.41, 5.74) is 10.3. The first-order valence-corrected chi connectivity index (χ1v) is 3.54. The summed E-state index contributed by atoms with van der Waals surface area (Å²) in [5, 5.41) is 3.81. The molecule has 1 unspecified atom stereocenters. The fourth-order valence-electron chi connectivity index (χ4n) is 0.768. The van der Waals surface area contributed by atoms with Gasteiger partial charge in [0, 0.05) is 0 Å². The Labute approximate surface area is 69.6 Å². The number of nitrogens with two attached hydrogens (primary N) is 2. The number of primary amides is 1. The molecule has 66 valence electrons. The summed E-state index contributed by atoms with van der Waals surface area (Å²) in [6.07, 6.45) is 1.47. The lowest BCUT2D eigenvalue weighted by atomic mass is 10.2. The average Bonchev–Trinajstić information content (AvgIpc) is 2.35. The zero-order valence-corrected chi connectivity index (χ0v) is 6.77. The Morgan fingerprint density at radius 1 is 1.83 bits per heavy atom. The molecule has 1 atom stereocenters. The van der Waals surface area contributed by atoms with E-state index in [-0.39, 0.29) is 17.8 Å². The van der Waals surface area contributed by atoms with Crippen LogP contribution in [0.2, 0.25) is 0 Å². The maximum absolute atomic E-state index is 10.6. The van der Waals surface area contributed by atoms with Crippen LogP contribution in [0.5, 0.6) is 0 Å². The van der Waals surface area contributed by atoms with Crippen LogP contribution in [-0.4, -0.2) is 20.7 Å². The number of anilines is 1.